The molecular weight excluding hydrogens is 160 g/mol. The van der Waals surface area contributed by atoms with E-state index in [1.165, 1.54) is 0 Å². The summed E-state index contributed by atoms with van der Waals surface area (Å²) in [5, 5.41) is 3.68. The van der Waals surface area contributed by atoms with E-state index in [-0.39, 0.29) is 6.01 Å². The molecule has 0 amide bonds. The van der Waals surface area contributed by atoms with Crippen LogP contribution in [0.5, 0.6) is 0 Å². The molecule has 68 valence electrons. The molecule has 0 atom stereocenters. The zero-order valence-electron chi connectivity index (χ0n) is 7.29. The van der Waals surface area contributed by atoms with Crippen molar-refractivity contribution < 1.29 is 9.26 Å². The van der Waals surface area contributed by atoms with Gasteiger partial charge in [0.15, 0.2) is 0 Å². The predicted molar refractivity (Wildman–Crippen MR) is 42.1 cm³/mol. The van der Waals surface area contributed by atoms with Crippen molar-refractivity contribution in [2.45, 2.75) is 19.4 Å². The molecule has 1 aromatic rings. The molecule has 0 unspecified atom stereocenters. The first-order valence-electron chi connectivity index (χ1n) is 3.46. The fourth-order valence-electron chi connectivity index (χ4n) is 0.618. The van der Waals surface area contributed by atoms with Crippen LogP contribution in [-0.2, 0) is 10.3 Å². The summed E-state index contributed by atoms with van der Waals surface area (Å²) in [5.74, 6) is 5.52. The van der Waals surface area contributed by atoms with Crippen LogP contribution < -0.4 is 11.3 Å². The Morgan fingerprint density at radius 1 is 1.58 bits per heavy atom. The Labute approximate surface area is 70.0 Å². The lowest BCUT2D eigenvalue weighted by atomic mass is 10.1. The first-order valence-corrected chi connectivity index (χ1v) is 3.46. The van der Waals surface area contributed by atoms with Gasteiger partial charge in [0.05, 0.1) is 0 Å². The number of rotatable bonds is 3. The van der Waals surface area contributed by atoms with Crippen LogP contribution in [0.15, 0.2) is 4.52 Å². The molecule has 1 rings (SSSR count). The Bertz CT molecular complexity index is 258. The highest BCUT2D eigenvalue weighted by Crippen LogP contribution is 2.20. The minimum Gasteiger partial charge on any atom is -0.371 e. The van der Waals surface area contributed by atoms with Gasteiger partial charge in [-0.2, -0.15) is 4.98 Å². The fraction of sp³-hybridized carbons (Fsp3) is 0.667. The van der Waals surface area contributed by atoms with Crippen LogP contribution >= 0.6 is 0 Å². The summed E-state index contributed by atoms with van der Waals surface area (Å²) < 4.78 is 9.85. The van der Waals surface area contributed by atoms with Gasteiger partial charge >= 0.3 is 6.01 Å². The fourth-order valence-corrected chi connectivity index (χ4v) is 0.618. The predicted octanol–water partition coefficient (Wildman–Crippen LogP) is 0.237. The quantitative estimate of drug-likeness (QED) is 0.501. The van der Waals surface area contributed by atoms with Crippen LogP contribution in [0.3, 0.4) is 0 Å². The van der Waals surface area contributed by atoms with E-state index in [9.17, 15) is 0 Å². The number of anilines is 1. The van der Waals surface area contributed by atoms with Crippen LogP contribution in [0.25, 0.3) is 0 Å². The van der Waals surface area contributed by atoms with Gasteiger partial charge < -0.3 is 9.26 Å². The smallest absolute Gasteiger partial charge is 0.335 e. The van der Waals surface area contributed by atoms with Crippen LogP contribution in [0.4, 0.5) is 6.01 Å². The van der Waals surface area contributed by atoms with Gasteiger partial charge in [0.1, 0.15) is 5.60 Å². The third kappa shape index (κ3) is 1.54. The topological polar surface area (TPSA) is 86.2 Å². The number of nitrogens with zero attached hydrogens (tertiary/aromatic N) is 2. The molecule has 12 heavy (non-hydrogen) atoms. The van der Waals surface area contributed by atoms with Crippen molar-refractivity contribution in [1.82, 2.24) is 10.1 Å². The lowest BCUT2D eigenvalue weighted by Crippen LogP contribution is -2.21. The van der Waals surface area contributed by atoms with Crippen molar-refractivity contribution in [1.29, 1.82) is 0 Å². The Morgan fingerprint density at radius 3 is 2.67 bits per heavy atom. The second-order valence-electron chi connectivity index (χ2n) is 2.78. The maximum Gasteiger partial charge on any atom is 0.335 e. The molecule has 0 aliphatic heterocycles. The van der Waals surface area contributed by atoms with Gasteiger partial charge in [-0.3, -0.25) is 5.43 Å². The molecule has 0 bridgehead atoms. The molecule has 1 aromatic heterocycles. The Kier molecular flexibility index (Phi) is 2.30. The highest BCUT2D eigenvalue weighted by Gasteiger charge is 2.25. The second kappa shape index (κ2) is 3.08. The molecule has 0 aliphatic rings. The second-order valence-corrected chi connectivity index (χ2v) is 2.78. The van der Waals surface area contributed by atoms with E-state index in [1.807, 2.05) is 13.8 Å². The first kappa shape index (κ1) is 8.95. The number of methoxy groups -OCH3 is 1. The van der Waals surface area contributed by atoms with Crippen molar-refractivity contribution >= 4 is 6.01 Å². The van der Waals surface area contributed by atoms with Gasteiger partial charge in [0.25, 0.3) is 0 Å². The molecule has 0 aromatic carbocycles. The van der Waals surface area contributed by atoms with Crippen molar-refractivity contribution in [3.63, 3.8) is 0 Å². The molecule has 0 radical (unpaired) electrons. The minimum atomic E-state index is -0.557. The third-order valence-electron chi connectivity index (χ3n) is 1.60. The maximum absolute atomic E-state index is 5.13. The molecular formula is C6H12N4O2. The lowest BCUT2D eigenvalue weighted by molar-refractivity contribution is 0.00973. The van der Waals surface area contributed by atoms with Crippen molar-refractivity contribution in [2.75, 3.05) is 12.5 Å². The minimum absolute atomic E-state index is 0.176. The Hall–Kier alpha value is -1.14. The molecule has 1 heterocycles. The van der Waals surface area contributed by atoms with Gasteiger partial charge in [-0.25, -0.2) is 5.84 Å². The number of nitrogens with one attached hydrogen (secondary N) is 1. The zero-order valence-corrected chi connectivity index (χ0v) is 7.29. The summed E-state index contributed by atoms with van der Waals surface area (Å²) in [6.07, 6.45) is 0. The van der Waals surface area contributed by atoms with E-state index in [0.717, 1.165) is 0 Å². The van der Waals surface area contributed by atoms with Gasteiger partial charge in [-0.15, -0.1) is 0 Å². The Morgan fingerprint density at radius 2 is 2.25 bits per heavy atom. The average molecular weight is 172 g/mol. The lowest BCUT2D eigenvalue weighted by Gasteiger charge is -2.17. The molecule has 0 aliphatic carbocycles. The zero-order chi connectivity index (χ0) is 9.19. The highest BCUT2D eigenvalue weighted by atomic mass is 16.5. The number of aromatic nitrogens is 2. The van der Waals surface area contributed by atoms with Gasteiger partial charge in [-0.1, -0.05) is 5.16 Å². The standard InChI is InChI=1S/C6H12N4O2/c1-6(2,11-3)4-8-5(9-7)12-10-4/h7H2,1-3H3,(H,8,9,10). The molecule has 0 spiro atoms. The van der Waals surface area contributed by atoms with Gasteiger partial charge in [0.2, 0.25) is 5.82 Å². The van der Waals surface area contributed by atoms with E-state index in [0.29, 0.717) is 5.82 Å². The molecule has 6 heteroatoms. The summed E-state index contributed by atoms with van der Waals surface area (Å²) in [4.78, 5) is 3.93. The van der Waals surface area contributed by atoms with Crippen LogP contribution in [0, 0.1) is 0 Å². The number of nitrogen functional groups attached to an aromatic ring is 1. The number of hydrogen-bond acceptors (Lipinski definition) is 6. The van der Waals surface area contributed by atoms with Crippen LogP contribution in [-0.4, -0.2) is 17.3 Å². The average Bonchev–Trinajstić information content (AvgIpc) is 2.52. The molecule has 0 saturated carbocycles. The summed E-state index contributed by atoms with van der Waals surface area (Å²) in [6, 6.07) is 0.176. The summed E-state index contributed by atoms with van der Waals surface area (Å²) in [6.45, 7) is 3.66. The van der Waals surface area contributed by atoms with Gasteiger partial charge in [0, 0.05) is 7.11 Å². The largest absolute Gasteiger partial charge is 0.371 e. The molecule has 0 fully saturated rings. The molecule has 3 N–H and O–H groups in total. The van der Waals surface area contributed by atoms with E-state index < -0.39 is 5.60 Å². The van der Waals surface area contributed by atoms with Crippen molar-refractivity contribution in [3.05, 3.63) is 5.82 Å². The maximum atomic E-state index is 5.13. The number of hydrazine groups is 1. The summed E-state index contributed by atoms with van der Waals surface area (Å²) in [7, 11) is 1.58. The van der Waals surface area contributed by atoms with E-state index in [1.54, 1.807) is 7.11 Å². The Balaban J connectivity index is 2.88. The SMILES string of the molecule is COC(C)(C)c1noc(NN)n1. The van der Waals surface area contributed by atoms with E-state index in [2.05, 4.69) is 15.6 Å². The van der Waals surface area contributed by atoms with Crippen LogP contribution in [0.1, 0.15) is 19.7 Å². The normalized spacial score (nSPS) is 11.7. The molecule has 0 saturated heterocycles. The number of nitrogens with two attached hydrogens (primary N) is 1. The van der Waals surface area contributed by atoms with Crippen molar-refractivity contribution in [3.8, 4) is 0 Å². The summed E-state index contributed by atoms with van der Waals surface area (Å²) >= 11 is 0. The van der Waals surface area contributed by atoms with Crippen molar-refractivity contribution in [2.24, 2.45) is 5.84 Å². The highest BCUT2D eigenvalue weighted by molar-refractivity contribution is 5.16. The molecule has 6 nitrogen and oxygen atoms in total. The number of hydrogen-bond donors (Lipinski definition) is 2. The van der Waals surface area contributed by atoms with E-state index in [4.69, 9.17) is 15.1 Å². The van der Waals surface area contributed by atoms with Crippen LogP contribution in [0.2, 0.25) is 0 Å². The summed E-state index contributed by atoms with van der Waals surface area (Å²) in [5.41, 5.74) is 1.69. The van der Waals surface area contributed by atoms with Gasteiger partial charge in [-0.05, 0) is 13.8 Å². The monoisotopic (exact) mass is 172 g/mol. The first-order chi connectivity index (χ1) is 5.60. The third-order valence-corrected chi connectivity index (χ3v) is 1.60. The van der Waals surface area contributed by atoms with E-state index >= 15 is 0 Å². The number of ether oxygens (including phenoxy) is 1.